The van der Waals surface area contributed by atoms with Crippen LogP contribution in [-0.4, -0.2) is 28.7 Å². The highest BCUT2D eigenvalue weighted by Crippen LogP contribution is 2.14. The van der Waals surface area contributed by atoms with Gasteiger partial charge in [-0.1, -0.05) is 12.1 Å². The molecular formula is C19H18N4O3. The van der Waals surface area contributed by atoms with Gasteiger partial charge in [0.25, 0.3) is 5.91 Å². The van der Waals surface area contributed by atoms with Crippen molar-refractivity contribution >= 4 is 11.8 Å². The number of hydrogen-bond donors (Lipinski definition) is 2. The molecule has 0 atom stereocenters. The fourth-order valence-corrected chi connectivity index (χ4v) is 2.43. The summed E-state index contributed by atoms with van der Waals surface area (Å²) in [4.78, 5) is 23.5. The molecule has 3 aromatic rings. The van der Waals surface area contributed by atoms with Crippen LogP contribution in [0.25, 0.3) is 5.69 Å². The van der Waals surface area contributed by atoms with Gasteiger partial charge >= 0.3 is 0 Å². The second kappa shape index (κ2) is 7.52. The minimum atomic E-state index is -0.503. The van der Waals surface area contributed by atoms with Crippen LogP contribution in [0.3, 0.4) is 0 Å². The summed E-state index contributed by atoms with van der Waals surface area (Å²) in [6, 6.07) is 15.8. The third-order valence-corrected chi connectivity index (χ3v) is 3.82. The lowest BCUT2D eigenvalue weighted by Gasteiger charge is -2.05. The van der Waals surface area contributed by atoms with E-state index in [9.17, 15) is 9.59 Å². The molecule has 0 bridgehead atoms. The van der Waals surface area contributed by atoms with Gasteiger partial charge in [0.2, 0.25) is 5.91 Å². The Morgan fingerprint density at radius 3 is 2.62 bits per heavy atom. The molecule has 26 heavy (non-hydrogen) atoms. The van der Waals surface area contributed by atoms with Crippen molar-refractivity contribution in [3.63, 3.8) is 0 Å². The van der Waals surface area contributed by atoms with Gasteiger partial charge in [-0.25, -0.2) is 4.68 Å². The van der Waals surface area contributed by atoms with Gasteiger partial charge in [-0.2, -0.15) is 5.10 Å². The smallest absolute Gasteiger partial charge is 0.272 e. The third kappa shape index (κ3) is 3.89. The summed E-state index contributed by atoms with van der Waals surface area (Å²) in [6.45, 7) is 0.273. The Balaban J connectivity index is 1.66. The molecule has 1 heterocycles. The number of primary amides is 1. The summed E-state index contributed by atoms with van der Waals surface area (Å²) in [5, 5.41) is 7.06. The van der Waals surface area contributed by atoms with Gasteiger partial charge < -0.3 is 15.8 Å². The first-order chi connectivity index (χ1) is 12.6. The molecule has 0 spiro atoms. The van der Waals surface area contributed by atoms with E-state index in [1.165, 1.54) is 0 Å². The van der Waals surface area contributed by atoms with E-state index in [0.717, 1.165) is 17.0 Å². The van der Waals surface area contributed by atoms with Crippen LogP contribution in [0.15, 0.2) is 60.8 Å². The molecule has 0 aliphatic carbocycles. The predicted octanol–water partition coefficient (Wildman–Crippen LogP) is 1.91. The number of carbonyl (C=O) groups excluding carboxylic acids is 2. The Morgan fingerprint density at radius 1 is 1.15 bits per heavy atom. The van der Waals surface area contributed by atoms with E-state index >= 15 is 0 Å². The van der Waals surface area contributed by atoms with Crippen LogP contribution in [0.2, 0.25) is 0 Å². The molecule has 0 fully saturated rings. The van der Waals surface area contributed by atoms with Gasteiger partial charge in [0.05, 0.1) is 12.8 Å². The van der Waals surface area contributed by atoms with Crippen molar-refractivity contribution < 1.29 is 14.3 Å². The molecule has 7 heteroatoms. The Labute approximate surface area is 150 Å². The monoisotopic (exact) mass is 350 g/mol. The van der Waals surface area contributed by atoms with Crippen LogP contribution in [0.1, 0.15) is 26.4 Å². The van der Waals surface area contributed by atoms with E-state index in [2.05, 4.69) is 10.4 Å². The number of aromatic nitrogens is 2. The van der Waals surface area contributed by atoms with E-state index in [-0.39, 0.29) is 12.5 Å². The van der Waals surface area contributed by atoms with E-state index < -0.39 is 5.91 Å². The maximum Gasteiger partial charge on any atom is 0.272 e. The van der Waals surface area contributed by atoms with Crippen molar-refractivity contribution in [1.82, 2.24) is 15.1 Å². The first-order valence-corrected chi connectivity index (χ1v) is 7.94. The topological polar surface area (TPSA) is 99.2 Å². The number of rotatable bonds is 6. The molecule has 132 valence electrons. The standard InChI is InChI=1S/C19H18N4O3/c1-26-16-7-5-15(6-8-16)23-10-9-17(22-23)19(25)21-12-13-3-2-4-14(11-13)18(20)24/h2-11H,12H2,1H3,(H2,20,24)(H,21,25). The van der Waals surface area contributed by atoms with Crippen molar-refractivity contribution in [2.75, 3.05) is 7.11 Å². The molecule has 0 aliphatic heterocycles. The summed E-state index contributed by atoms with van der Waals surface area (Å²) in [5.41, 5.74) is 7.56. The van der Waals surface area contributed by atoms with E-state index in [1.807, 2.05) is 30.3 Å². The third-order valence-electron chi connectivity index (χ3n) is 3.82. The summed E-state index contributed by atoms with van der Waals surface area (Å²) in [5.74, 6) is -0.0600. The number of amides is 2. The largest absolute Gasteiger partial charge is 0.497 e. The zero-order valence-corrected chi connectivity index (χ0v) is 14.2. The van der Waals surface area contributed by atoms with Gasteiger partial charge in [-0.3, -0.25) is 9.59 Å². The summed E-state index contributed by atoms with van der Waals surface area (Å²) in [6.07, 6.45) is 1.71. The number of methoxy groups -OCH3 is 1. The zero-order valence-electron chi connectivity index (χ0n) is 14.2. The molecule has 2 amide bonds. The number of nitrogens with two attached hydrogens (primary N) is 1. The number of nitrogens with zero attached hydrogens (tertiary/aromatic N) is 2. The highest BCUT2D eigenvalue weighted by molar-refractivity contribution is 5.93. The van der Waals surface area contributed by atoms with E-state index in [4.69, 9.17) is 10.5 Å². The molecule has 0 radical (unpaired) electrons. The summed E-state index contributed by atoms with van der Waals surface area (Å²) < 4.78 is 6.74. The highest BCUT2D eigenvalue weighted by Gasteiger charge is 2.10. The fourth-order valence-electron chi connectivity index (χ4n) is 2.43. The molecule has 3 N–H and O–H groups in total. The Morgan fingerprint density at radius 2 is 1.92 bits per heavy atom. The molecule has 2 aromatic carbocycles. The number of nitrogens with one attached hydrogen (secondary N) is 1. The van der Waals surface area contributed by atoms with Crippen molar-refractivity contribution in [3.8, 4) is 11.4 Å². The lowest BCUT2D eigenvalue weighted by Crippen LogP contribution is -2.23. The SMILES string of the molecule is COc1ccc(-n2ccc(C(=O)NCc3cccc(C(N)=O)c3)n2)cc1. The molecular weight excluding hydrogens is 332 g/mol. The molecule has 3 rings (SSSR count). The number of ether oxygens (including phenoxy) is 1. The first-order valence-electron chi connectivity index (χ1n) is 7.94. The van der Waals surface area contributed by atoms with Crippen LogP contribution in [0, 0.1) is 0 Å². The molecule has 0 unspecified atom stereocenters. The lowest BCUT2D eigenvalue weighted by atomic mass is 10.1. The minimum Gasteiger partial charge on any atom is -0.497 e. The van der Waals surface area contributed by atoms with Crippen LogP contribution >= 0.6 is 0 Å². The van der Waals surface area contributed by atoms with Crippen molar-refractivity contribution in [1.29, 1.82) is 0 Å². The molecule has 0 saturated carbocycles. The first kappa shape index (κ1) is 17.2. The van der Waals surface area contributed by atoms with Crippen molar-refractivity contribution in [2.24, 2.45) is 5.73 Å². The van der Waals surface area contributed by atoms with Gasteiger partial charge in [0.1, 0.15) is 5.75 Å². The van der Waals surface area contributed by atoms with Crippen LogP contribution in [-0.2, 0) is 6.54 Å². The van der Waals surface area contributed by atoms with Crippen LogP contribution in [0.4, 0.5) is 0 Å². The fraction of sp³-hybridized carbons (Fsp3) is 0.105. The minimum absolute atomic E-state index is 0.273. The van der Waals surface area contributed by atoms with Gasteiger partial charge in [0, 0.05) is 18.3 Å². The second-order valence-electron chi connectivity index (χ2n) is 5.59. The van der Waals surface area contributed by atoms with Crippen molar-refractivity contribution in [3.05, 3.63) is 77.6 Å². The normalized spacial score (nSPS) is 10.3. The second-order valence-corrected chi connectivity index (χ2v) is 5.59. The maximum absolute atomic E-state index is 12.3. The molecule has 1 aromatic heterocycles. The Hall–Kier alpha value is -3.61. The van der Waals surface area contributed by atoms with Crippen molar-refractivity contribution in [2.45, 2.75) is 6.54 Å². The lowest BCUT2D eigenvalue weighted by molar-refractivity contribution is 0.0945. The van der Waals surface area contributed by atoms with Gasteiger partial charge in [0.15, 0.2) is 5.69 Å². The predicted molar refractivity (Wildman–Crippen MR) is 96.2 cm³/mol. The highest BCUT2D eigenvalue weighted by atomic mass is 16.5. The zero-order chi connectivity index (χ0) is 18.5. The number of carbonyl (C=O) groups is 2. The summed E-state index contributed by atoms with van der Waals surface area (Å²) >= 11 is 0. The van der Waals surface area contributed by atoms with Gasteiger partial charge in [-0.05, 0) is 48.0 Å². The Kier molecular flexibility index (Phi) is 4.98. The average Bonchev–Trinajstić information content (AvgIpc) is 3.16. The van der Waals surface area contributed by atoms with E-state index in [1.54, 1.807) is 42.3 Å². The van der Waals surface area contributed by atoms with E-state index in [0.29, 0.717) is 11.3 Å². The van der Waals surface area contributed by atoms with Crippen LogP contribution < -0.4 is 15.8 Å². The Bertz CT molecular complexity index is 932. The average molecular weight is 350 g/mol. The number of hydrogen-bond acceptors (Lipinski definition) is 4. The number of benzene rings is 2. The van der Waals surface area contributed by atoms with Crippen LogP contribution in [0.5, 0.6) is 5.75 Å². The molecule has 0 aliphatic rings. The molecule has 0 saturated heterocycles. The van der Waals surface area contributed by atoms with Gasteiger partial charge in [-0.15, -0.1) is 0 Å². The quantitative estimate of drug-likeness (QED) is 0.709. The molecule has 7 nitrogen and oxygen atoms in total. The summed E-state index contributed by atoms with van der Waals surface area (Å²) in [7, 11) is 1.60. The maximum atomic E-state index is 12.3.